The summed E-state index contributed by atoms with van der Waals surface area (Å²) in [6.07, 6.45) is 3.10. The zero-order valence-corrected chi connectivity index (χ0v) is 11.6. The van der Waals surface area contributed by atoms with E-state index in [1.165, 1.54) is 11.1 Å². The lowest BCUT2D eigenvalue weighted by atomic mass is 9.79. The van der Waals surface area contributed by atoms with E-state index in [0.29, 0.717) is 5.92 Å². The van der Waals surface area contributed by atoms with E-state index in [1.54, 1.807) is 0 Å². The topological polar surface area (TPSA) is 44.5 Å². The third-order valence-corrected chi connectivity index (χ3v) is 4.53. The first-order valence-corrected chi connectivity index (χ1v) is 7.22. The Hall–Kier alpha value is -0.900. The second-order valence-corrected chi connectivity index (χ2v) is 6.03. The second kappa shape index (κ2) is 5.23. The van der Waals surface area contributed by atoms with Crippen LogP contribution in [-0.4, -0.2) is 25.4 Å². The molecule has 104 valence electrons. The minimum atomic E-state index is -0.0512. The maximum Gasteiger partial charge on any atom is 0.0940 e. The molecule has 2 aliphatic heterocycles. The van der Waals surface area contributed by atoms with Crippen LogP contribution in [0.25, 0.3) is 0 Å². The average Bonchev–Trinajstić information content (AvgIpc) is 2.86. The van der Waals surface area contributed by atoms with Crippen LogP contribution in [0.1, 0.15) is 36.4 Å². The van der Waals surface area contributed by atoms with Gasteiger partial charge in [0.25, 0.3) is 0 Å². The van der Waals surface area contributed by atoms with E-state index in [2.05, 4.69) is 31.2 Å². The molecule has 2 fully saturated rings. The summed E-state index contributed by atoms with van der Waals surface area (Å²) in [7, 11) is 0. The Labute approximate surface area is 115 Å². The number of hydrogen-bond acceptors (Lipinski definition) is 3. The normalized spacial score (nSPS) is 32.6. The molecule has 0 radical (unpaired) electrons. The summed E-state index contributed by atoms with van der Waals surface area (Å²) in [6, 6.07) is 8.68. The van der Waals surface area contributed by atoms with E-state index >= 15 is 0 Å². The molecule has 0 saturated carbocycles. The molecule has 3 heteroatoms. The molecule has 1 aromatic carbocycles. The molecule has 3 unspecified atom stereocenters. The molecule has 0 bridgehead atoms. The minimum absolute atomic E-state index is 0.0512. The fourth-order valence-electron chi connectivity index (χ4n) is 3.39. The molecule has 0 amide bonds. The molecular formula is C16H23NO2. The molecule has 1 aromatic rings. The quantitative estimate of drug-likeness (QED) is 0.890. The smallest absolute Gasteiger partial charge is 0.0940 e. The number of hydrogen-bond donors (Lipinski definition) is 1. The van der Waals surface area contributed by atoms with E-state index in [1.807, 2.05) is 0 Å². The third-order valence-electron chi connectivity index (χ3n) is 4.53. The summed E-state index contributed by atoms with van der Waals surface area (Å²) < 4.78 is 11.5. The van der Waals surface area contributed by atoms with E-state index in [9.17, 15) is 0 Å². The van der Waals surface area contributed by atoms with Gasteiger partial charge in [-0.15, -0.1) is 0 Å². The highest BCUT2D eigenvalue weighted by atomic mass is 16.6. The first-order chi connectivity index (χ1) is 9.19. The van der Waals surface area contributed by atoms with Gasteiger partial charge in [-0.3, -0.25) is 0 Å². The summed E-state index contributed by atoms with van der Waals surface area (Å²) in [5.41, 5.74) is 8.97. The van der Waals surface area contributed by atoms with Crippen molar-refractivity contribution in [2.75, 3.05) is 19.8 Å². The van der Waals surface area contributed by atoms with Gasteiger partial charge in [0.05, 0.1) is 12.2 Å². The van der Waals surface area contributed by atoms with Crippen molar-refractivity contribution in [1.82, 2.24) is 0 Å². The number of ether oxygens (including phenoxy) is 2. The highest BCUT2D eigenvalue weighted by Crippen LogP contribution is 2.40. The summed E-state index contributed by atoms with van der Waals surface area (Å²) in [6.45, 7) is 4.50. The van der Waals surface area contributed by atoms with Crippen molar-refractivity contribution >= 4 is 0 Å². The molecule has 2 saturated heterocycles. The Morgan fingerprint density at radius 2 is 2.26 bits per heavy atom. The fraction of sp³-hybridized carbons (Fsp3) is 0.625. The maximum atomic E-state index is 6.49. The number of benzene rings is 1. The van der Waals surface area contributed by atoms with E-state index in [-0.39, 0.29) is 11.6 Å². The highest BCUT2D eigenvalue weighted by molar-refractivity contribution is 5.25. The van der Waals surface area contributed by atoms with Crippen molar-refractivity contribution in [3.05, 3.63) is 35.4 Å². The maximum absolute atomic E-state index is 6.49. The zero-order valence-electron chi connectivity index (χ0n) is 11.6. The van der Waals surface area contributed by atoms with Gasteiger partial charge < -0.3 is 15.2 Å². The van der Waals surface area contributed by atoms with Crippen molar-refractivity contribution in [1.29, 1.82) is 0 Å². The minimum Gasteiger partial charge on any atom is -0.378 e. The standard InChI is InChI=1S/C16H23NO2/c1-12-3-2-4-13(9-12)15(17)14-5-7-19-16(10-14)6-8-18-11-16/h2-4,9,14-15H,5-8,10-11,17H2,1H3. The fourth-order valence-corrected chi connectivity index (χ4v) is 3.39. The first-order valence-electron chi connectivity index (χ1n) is 7.22. The molecule has 2 heterocycles. The molecular weight excluding hydrogens is 238 g/mol. The zero-order chi connectivity index (χ0) is 13.3. The summed E-state index contributed by atoms with van der Waals surface area (Å²) in [4.78, 5) is 0. The van der Waals surface area contributed by atoms with Crippen molar-refractivity contribution in [2.24, 2.45) is 11.7 Å². The lowest BCUT2D eigenvalue weighted by Crippen LogP contribution is -2.43. The monoisotopic (exact) mass is 261 g/mol. The average molecular weight is 261 g/mol. The van der Waals surface area contributed by atoms with Gasteiger partial charge in [-0.2, -0.15) is 0 Å². The van der Waals surface area contributed by atoms with Crippen LogP contribution in [0.15, 0.2) is 24.3 Å². The Bertz CT molecular complexity index is 440. The predicted octanol–water partition coefficient (Wildman–Crippen LogP) is 2.58. The molecule has 3 rings (SSSR count). The van der Waals surface area contributed by atoms with E-state index in [4.69, 9.17) is 15.2 Å². The van der Waals surface area contributed by atoms with Gasteiger partial charge in [0.15, 0.2) is 0 Å². The molecule has 2 aliphatic rings. The number of nitrogens with two attached hydrogens (primary N) is 1. The van der Waals surface area contributed by atoms with Crippen LogP contribution in [0.2, 0.25) is 0 Å². The van der Waals surface area contributed by atoms with Crippen LogP contribution >= 0.6 is 0 Å². The van der Waals surface area contributed by atoms with Crippen molar-refractivity contribution < 1.29 is 9.47 Å². The SMILES string of the molecule is Cc1cccc(C(N)C2CCOC3(CCOC3)C2)c1. The van der Waals surface area contributed by atoms with Crippen molar-refractivity contribution in [3.63, 3.8) is 0 Å². The summed E-state index contributed by atoms with van der Waals surface area (Å²) >= 11 is 0. The van der Waals surface area contributed by atoms with E-state index < -0.39 is 0 Å². The van der Waals surface area contributed by atoms with Crippen LogP contribution in [-0.2, 0) is 9.47 Å². The van der Waals surface area contributed by atoms with Crippen LogP contribution in [0.3, 0.4) is 0 Å². The molecule has 19 heavy (non-hydrogen) atoms. The van der Waals surface area contributed by atoms with Gasteiger partial charge in [0, 0.05) is 25.7 Å². The third kappa shape index (κ3) is 2.69. The molecule has 0 aromatic heterocycles. The van der Waals surface area contributed by atoms with Crippen LogP contribution in [0.5, 0.6) is 0 Å². The van der Waals surface area contributed by atoms with Gasteiger partial charge in [-0.05, 0) is 31.2 Å². The van der Waals surface area contributed by atoms with Crippen LogP contribution < -0.4 is 5.73 Å². The van der Waals surface area contributed by atoms with E-state index in [0.717, 1.165) is 39.1 Å². The van der Waals surface area contributed by atoms with Crippen molar-refractivity contribution in [3.8, 4) is 0 Å². The Balaban J connectivity index is 1.74. The van der Waals surface area contributed by atoms with Crippen molar-refractivity contribution in [2.45, 2.75) is 37.8 Å². The van der Waals surface area contributed by atoms with Crippen LogP contribution in [0, 0.1) is 12.8 Å². The molecule has 2 N–H and O–H groups in total. The van der Waals surface area contributed by atoms with Gasteiger partial charge in [-0.1, -0.05) is 29.8 Å². The number of rotatable bonds is 2. The lowest BCUT2D eigenvalue weighted by molar-refractivity contribution is -0.101. The van der Waals surface area contributed by atoms with Gasteiger partial charge in [0.1, 0.15) is 0 Å². The highest BCUT2D eigenvalue weighted by Gasteiger charge is 2.42. The lowest BCUT2D eigenvalue weighted by Gasteiger charge is -2.39. The van der Waals surface area contributed by atoms with Gasteiger partial charge >= 0.3 is 0 Å². The molecule has 3 nitrogen and oxygen atoms in total. The molecule has 3 atom stereocenters. The first kappa shape index (κ1) is 13.1. The van der Waals surface area contributed by atoms with Gasteiger partial charge in [-0.25, -0.2) is 0 Å². The van der Waals surface area contributed by atoms with Crippen LogP contribution in [0.4, 0.5) is 0 Å². The number of aryl methyl sites for hydroxylation is 1. The summed E-state index contributed by atoms with van der Waals surface area (Å²) in [5, 5.41) is 0. The molecule has 1 spiro atoms. The second-order valence-electron chi connectivity index (χ2n) is 6.03. The van der Waals surface area contributed by atoms with Gasteiger partial charge in [0.2, 0.25) is 0 Å². The predicted molar refractivity (Wildman–Crippen MR) is 75.0 cm³/mol. The Morgan fingerprint density at radius 1 is 1.37 bits per heavy atom. The Kier molecular flexibility index (Phi) is 3.61. The summed E-state index contributed by atoms with van der Waals surface area (Å²) in [5.74, 6) is 0.497. The molecule has 0 aliphatic carbocycles. The Morgan fingerprint density at radius 3 is 3.00 bits per heavy atom. The largest absolute Gasteiger partial charge is 0.378 e.